The van der Waals surface area contributed by atoms with E-state index in [4.69, 9.17) is 0 Å². The second-order valence-corrected chi connectivity index (χ2v) is 4.67. The zero-order chi connectivity index (χ0) is 14.3. The second-order valence-electron chi connectivity index (χ2n) is 4.67. The summed E-state index contributed by atoms with van der Waals surface area (Å²) in [7, 11) is 0. The SMILES string of the molecule is Cc1ccc2cc(-c3nc(C)c(F)c(=O)[nH]3)ccc2n1. The number of benzene rings is 1. The fourth-order valence-electron chi connectivity index (χ4n) is 2.08. The first-order valence-electron chi connectivity index (χ1n) is 6.19. The van der Waals surface area contributed by atoms with Crippen LogP contribution in [0.2, 0.25) is 0 Å². The normalized spacial score (nSPS) is 10.9. The number of nitrogens with zero attached hydrogens (tertiary/aromatic N) is 2. The average Bonchev–Trinajstić information content (AvgIpc) is 2.43. The van der Waals surface area contributed by atoms with Gasteiger partial charge in [0.05, 0.1) is 11.2 Å². The van der Waals surface area contributed by atoms with Crippen molar-refractivity contribution in [3.8, 4) is 11.4 Å². The molecule has 0 bridgehead atoms. The highest BCUT2D eigenvalue weighted by molar-refractivity contribution is 5.83. The molecule has 0 radical (unpaired) electrons. The van der Waals surface area contributed by atoms with E-state index in [1.165, 1.54) is 6.92 Å². The molecule has 2 heterocycles. The largest absolute Gasteiger partial charge is 0.304 e. The minimum Gasteiger partial charge on any atom is -0.304 e. The third-order valence-electron chi connectivity index (χ3n) is 3.13. The van der Waals surface area contributed by atoms with Crippen LogP contribution in [0.15, 0.2) is 35.1 Å². The van der Waals surface area contributed by atoms with E-state index in [0.717, 1.165) is 22.2 Å². The molecule has 4 nitrogen and oxygen atoms in total. The summed E-state index contributed by atoms with van der Waals surface area (Å²) >= 11 is 0. The van der Waals surface area contributed by atoms with E-state index in [1.54, 1.807) is 0 Å². The number of fused-ring (bicyclic) bond motifs is 1. The predicted octanol–water partition coefficient (Wildman–Crippen LogP) is 2.74. The van der Waals surface area contributed by atoms with Crippen LogP contribution in [0.1, 0.15) is 11.4 Å². The Balaban J connectivity index is 2.20. The van der Waals surface area contributed by atoms with E-state index in [-0.39, 0.29) is 5.69 Å². The lowest BCUT2D eigenvalue weighted by Gasteiger charge is -2.05. The zero-order valence-electron chi connectivity index (χ0n) is 11.1. The summed E-state index contributed by atoms with van der Waals surface area (Å²) in [5.41, 5.74) is 1.87. The first-order chi connectivity index (χ1) is 9.54. The van der Waals surface area contributed by atoms with Crippen LogP contribution in [-0.4, -0.2) is 15.0 Å². The van der Waals surface area contributed by atoms with Gasteiger partial charge in [-0.25, -0.2) is 4.98 Å². The molecule has 2 aromatic heterocycles. The summed E-state index contributed by atoms with van der Waals surface area (Å²) in [6.07, 6.45) is 0. The van der Waals surface area contributed by atoms with Gasteiger partial charge in [0.25, 0.3) is 5.56 Å². The molecule has 0 aliphatic rings. The lowest BCUT2D eigenvalue weighted by molar-refractivity contribution is 0.589. The topological polar surface area (TPSA) is 58.6 Å². The van der Waals surface area contributed by atoms with Gasteiger partial charge in [-0.2, -0.15) is 4.39 Å². The van der Waals surface area contributed by atoms with Gasteiger partial charge >= 0.3 is 0 Å². The molecule has 1 N–H and O–H groups in total. The number of aryl methyl sites for hydroxylation is 2. The van der Waals surface area contributed by atoms with Crippen LogP contribution in [0, 0.1) is 19.7 Å². The van der Waals surface area contributed by atoms with Crippen molar-refractivity contribution in [2.75, 3.05) is 0 Å². The molecule has 20 heavy (non-hydrogen) atoms. The maximum atomic E-state index is 13.3. The minimum atomic E-state index is -0.841. The van der Waals surface area contributed by atoms with E-state index >= 15 is 0 Å². The van der Waals surface area contributed by atoms with E-state index in [0.29, 0.717) is 5.82 Å². The zero-order valence-corrected chi connectivity index (χ0v) is 11.1. The number of aromatic nitrogens is 3. The van der Waals surface area contributed by atoms with Crippen molar-refractivity contribution in [1.29, 1.82) is 0 Å². The number of halogens is 1. The average molecular weight is 269 g/mol. The predicted molar refractivity (Wildman–Crippen MR) is 75.0 cm³/mol. The van der Waals surface area contributed by atoms with E-state index in [2.05, 4.69) is 15.0 Å². The molecular formula is C15H12FN3O. The van der Waals surface area contributed by atoms with Crippen LogP contribution < -0.4 is 5.56 Å². The van der Waals surface area contributed by atoms with Gasteiger partial charge in [0, 0.05) is 16.6 Å². The van der Waals surface area contributed by atoms with Gasteiger partial charge in [-0.15, -0.1) is 0 Å². The summed E-state index contributed by atoms with van der Waals surface area (Å²) in [4.78, 5) is 22.4. The second kappa shape index (κ2) is 4.52. The van der Waals surface area contributed by atoms with Crippen molar-refractivity contribution in [3.05, 3.63) is 57.9 Å². The fourth-order valence-corrected chi connectivity index (χ4v) is 2.08. The Hall–Kier alpha value is -2.56. The number of rotatable bonds is 1. The van der Waals surface area contributed by atoms with Crippen LogP contribution in [0.3, 0.4) is 0 Å². The van der Waals surface area contributed by atoms with E-state index < -0.39 is 11.4 Å². The highest BCUT2D eigenvalue weighted by Gasteiger charge is 2.09. The van der Waals surface area contributed by atoms with Crippen LogP contribution in [0.25, 0.3) is 22.3 Å². The molecule has 0 atom stereocenters. The van der Waals surface area contributed by atoms with Crippen LogP contribution in [0.5, 0.6) is 0 Å². The first-order valence-corrected chi connectivity index (χ1v) is 6.19. The molecule has 0 saturated heterocycles. The molecule has 0 aliphatic carbocycles. The Labute approximate surface area is 114 Å². The summed E-state index contributed by atoms with van der Waals surface area (Å²) in [6.45, 7) is 3.40. The number of nitrogens with one attached hydrogen (secondary N) is 1. The van der Waals surface area contributed by atoms with Gasteiger partial charge in [0.15, 0.2) is 0 Å². The molecule has 3 aromatic rings. The molecule has 0 aliphatic heterocycles. The Morgan fingerprint density at radius 1 is 1.10 bits per heavy atom. The highest BCUT2D eigenvalue weighted by Crippen LogP contribution is 2.21. The van der Waals surface area contributed by atoms with Gasteiger partial charge in [-0.3, -0.25) is 9.78 Å². The smallest absolute Gasteiger partial charge is 0.287 e. The van der Waals surface area contributed by atoms with Gasteiger partial charge in [-0.05, 0) is 38.1 Å². The van der Waals surface area contributed by atoms with Crippen molar-refractivity contribution >= 4 is 10.9 Å². The van der Waals surface area contributed by atoms with E-state index in [9.17, 15) is 9.18 Å². The minimum absolute atomic E-state index is 0.0888. The molecule has 1 aromatic carbocycles. The molecule has 0 spiro atoms. The number of hydrogen-bond acceptors (Lipinski definition) is 3. The molecule has 5 heteroatoms. The Morgan fingerprint density at radius 2 is 1.90 bits per heavy atom. The lowest BCUT2D eigenvalue weighted by atomic mass is 10.1. The number of hydrogen-bond donors (Lipinski definition) is 1. The van der Waals surface area contributed by atoms with Crippen molar-refractivity contribution < 1.29 is 4.39 Å². The third kappa shape index (κ3) is 2.07. The molecule has 100 valence electrons. The molecular weight excluding hydrogens is 257 g/mol. The van der Waals surface area contributed by atoms with Gasteiger partial charge in [0.1, 0.15) is 5.82 Å². The van der Waals surface area contributed by atoms with Crippen LogP contribution >= 0.6 is 0 Å². The standard InChI is InChI=1S/C15H12FN3O/c1-8-3-4-10-7-11(5-6-12(10)17-8)14-18-9(2)13(16)15(20)19-14/h3-7H,1-2H3,(H,18,19,20). The van der Waals surface area contributed by atoms with Gasteiger partial charge < -0.3 is 4.98 Å². The van der Waals surface area contributed by atoms with Crippen molar-refractivity contribution in [2.45, 2.75) is 13.8 Å². The van der Waals surface area contributed by atoms with E-state index in [1.807, 2.05) is 37.3 Å². The van der Waals surface area contributed by atoms with Gasteiger partial charge in [0.2, 0.25) is 5.82 Å². The Bertz CT molecular complexity index is 871. The summed E-state index contributed by atoms with van der Waals surface area (Å²) in [5, 5.41) is 0.942. The first kappa shape index (κ1) is 12.5. The maximum absolute atomic E-state index is 13.3. The summed E-state index contributed by atoms with van der Waals surface area (Å²) in [5.74, 6) is -0.483. The monoisotopic (exact) mass is 269 g/mol. The van der Waals surface area contributed by atoms with Crippen LogP contribution in [-0.2, 0) is 0 Å². The Kier molecular flexibility index (Phi) is 2.82. The number of aromatic amines is 1. The maximum Gasteiger partial charge on any atom is 0.287 e. The molecule has 0 fully saturated rings. The van der Waals surface area contributed by atoms with Crippen molar-refractivity contribution in [2.24, 2.45) is 0 Å². The highest BCUT2D eigenvalue weighted by atomic mass is 19.1. The molecule has 0 amide bonds. The van der Waals surface area contributed by atoms with Crippen molar-refractivity contribution in [3.63, 3.8) is 0 Å². The number of pyridine rings is 1. The molecule has 0 unspecified atom stereocenters. The fraction of sp³-hybridized carbons (Fsp3) is 0.133. The van der Waals surface area contributed by atoms with Crippen LogP contribution in [0.4, 0.5) is 4.39 Å². The summed E-state index contributed by atoms with van der Waals surface area (Å²) in [6, 6.07) is 9.41. The quantitative estimate of drug-likeness (QED) is 0.739. The summed E-state index contributed by atoms with van der Waals surface area (Å²) < 4.78 is 13.3. The third-order valence-corrected chi connectivity index (χ3v) is 3.13. The Morgan fingerprint density at radius 3 is 2.65 bits per heavy atom. The molecule has 0 saturated carbocycles. The molecule has 3 rings (SSSR count). The van der Waals surface area contributed by atoms with Gasteiger partial charge in [-0.1, -0.05) is 6.07 Å². The lowest BCUT2D eigenvalue weighted by Crippen LogP contribution is -2.15. The van der Waals surface area contributed by atoms with Crippen molar-refractivity contribution in [1.82, 2.24) is 15.0 Å². The number of H-pyrrole nitrogens is 1.